The van der Waals surface area contributed by atoms with E-state index >= 15 is 0 Å². The van der Waals surface area contributed by atoms with Gasteiger partial charge in [-0.15, -0.1) is 11.3 Å². The van der Waals surface area contributed by atoms with Crippen molar-refractivity contribution in [1.29, 1.82) is 0 Å². The third-order valence-corrected chi connectivity index (χ3v) is 6.92. The van der Waals surface area contributed by atoms with Crippen molar-refractivity contribution in [1.82, 2.24) is 4.90 Å². The molecule has 1 amide bonds. The van der Waals surface area contributed by atoms with E-state index in [1.165, 1.54) is 23.5 Å². The third-order valence-electron chi connectivity index (χ3n) is 5.86. The first-order chi connectivity index (χ1) is 14.9. The smallest absolute Gasteiger partial charge is 0.411 e. The van der Waals surface area contributed by atoms with Crippen LogP contribution in [0.1, 0.15) is 36.2 Å². The van der Waals surface area contributed by atoms with Crippen molar-refractivity contribution in [3.8, 4) is 11.1 Å². The maximum atomic E-state index is 14.1. The second kappa shape index (κ2) is 8.77. The van der Waals surface area contributed by atoms with Gasteiger partial charge in [-0.25, -0.2) is 13.6 Å². The number of rotatable bonds is 6. The highest BCUT2D eigenvalue weighted by Crippen LogP contribution is 2.41. The zero-order chi connectivity index (χ0) is 22.0. The van der Waals surface area contributed by atoms with Gasteiger partial charge in [-0.1, -0.05) is 30.3 Å². The first kappa shape index (κ1) is 21.5. The fraction of sp³-hybridized carbons (Fsp3) is 0.292. The van der Waals surface area contributed by atoms with Crippen molar-refractivity contribution in [2.45, 2.75) is 31.4 Å². The summed E-state index contributed by atoms with van der Waals surface area (Å²) in [6.07, 6.45) is 0.525. The highest BCUT2D eigenvalue weighted by Gasteiger charge is 2.43. The molecule has 7 heteroatoms. The Hall–Kier alpha value is -2.77. The van der Waals surface area contributed by atoms with Crippen molar-refractivity contribution < 1.29 is 23.4 Å². The monoisotopic (exact) mass is 443 g/mol. The Labute approximate surface area is 183 Å². The van der Waals surface area contributed by atoms with Crippen LogP contribution in [0.25, 0.3) is 11.1 Å². The molecule has 2 heterocycles. The molecule has 2 aromatic carbocycles. The number of nitrogens with zero attached hydrogens (tertiary/aromatic N) is 1. The molecular weight excluding hydrogens is 420 g/mol. The van der Waals surface area contributed by atoms with Crippen LogP contribution in [0.2, 0.25) is 0 Å². The van der Waals surface area contributed by atoms with Crippen LogP contribution in [0.5, 0.6) is 0 Å². The second-order valence-electron chi connectivity index (χ2n) is 7.68. The minimum atomic E-state index is -0.791. The number of hydrogen-bond donors (Lipinski definition) is 1. The Morgan fingerprint density at radius 2 is 1.97 bits per heavy atom. The van der Waals surface area contributed by atoms with Crippen LogP contribution in [-0.4, -0.2) is 29.3 Å². The molecule has 0 bridgehead atoms. The van der Waals surface area contributed by atoms with Crippen LogP contribution in [-0.2, 0) is 10.3 Å². The fourth-order valence-electron chi connectivity index (χ4n) is 4.06. The van der Waals surface area contributed by atoms with Gasteiger partial charge in [-0.2, -0.15) is 0 Å². The number of ether oxygens (including phenoxy) is 1. The number of carbonyl (C=O) groups excluding carboxylic acids is 1. The average molecular weight is 444 g/mol. The molecule has 0 saturated carbocycles. The van der Waals surface area contributed by atoms with E-state index in [1.807, 2.05) is 36.6 Å². The molecule has 31 heavy (non-hydrogen) atoms. The molecule has 162 valence electrons. The summed E-state index contributed by atoms with van der Waals surface area (Å²) in [6, 6.07) is 14.3. The van der Waals surface area contributed by atoms with Crippen molar-refractivity contribution in [3.05, 3.63) is 82.1 Å². The molecular formula is C24H23F2NO3S. The van der Waals surface area contributed by atoms with E-state index in [0.29, 0.717) is 30.5 Å². The molecule has 1 aromatic heterocycles. The molecule has 0 aliphatic carbocycles. The van der Waals surface area contributed by atoms with Gasteiger partial charge in [-0.3, -0.25) is 0 Å². The van der Waals surface area contributed by atoms with E-state index in [2.05, 4.69) is 0 Å². The standard InChI is InChI=1S/C24H23F2NO3S/c1-16(17-4-6-18(7-5-17)20-9-8-19(25)15-21(20)26)27-12-10-24(11-13-28,30-23(27)29)22-3-2-14-31-22/h2-9,14-16,28H,10-13H2,1H3. The van der Waals surface area contributed by atoms with Crippen molar-refractivity contribution in [2.75, 3.05) is 13.2 Å². The molecule has 4 rings (SSSR count). The summed E-state index contributed by atoms with van der Waals surface area (Å²) in [4.78, 5) is 15.5. The lowest BCUT2D eigenvalue weighted by atomic mass is 9.91. The summed E-state index contributed by atoms with van der Waals surface area (Å²) in [5.74, 6) is -1.23. The summed E-state index contributed by atoms with van der Waals surface area (Å²) in [5, 5.41) is 11.5. The summed E-state index contributed by atoms with van der Waals surface area (Å²) in [6.45, 7) is 2.34. The lowest BCUT2D eigenvalue weighted by Crippen LogP contribution is -2.48. The van der Waals surface area contributed by atoms with E-state index in [1.54, 1.807) is 17.0 Å². The van der Waals surface area contributed by atoms with Crippen LogP contribution >= 0.6 is 11.3 Å². The van der Waals surface area contributed by atoms with E-state index in [-0.39, 0.29) is 12.6 Å². The number of halogens is 2. The first-order valence-electron chi connectivity index (χ1n) is 10.1. The Morgan fingerprint density at radius 1 is 1.19 bits per heavy atom. The number of hydrogen-bond acceptors (Lipinski definition) is 4. The molecule has 0 spiro atoms. The van der Waals surface area contributed by atoms with E-state index < -0.39 is 23.3 Å². The molecule has 3 aromatic rings. The van der Waals surface area contributed by atoms with E-state index in [9.17, 15) is 18.7 Å². The maximum Gasteiger partial charge on any atom is 0.411 e. The predicted octanol–water partition coefficient (Wildman–Crippen LogP) is 5.87. The third kappa shape index (κ3) is 4.20. The van der Waals surface area contributed by atoms with Crippen LogP contribution < -0.4 is 0 Å². The minimum absolute atomic E-state index is 0.0673. The fourth-order valence-corrected chi connectivity index (χ4v) is 4.98. The SMILES string of the molecule is CC(c1ccc(-c2ccc(F)cc2F)cc1)N1CCC(CCO)(c2cccs2)OC1=O. The maximum absolute atomic E-state index is 14.1. The lowest BCUT2D eigenvalue weighted by Gasteiger charge is -2.42. The highest BCUT2D eigenvalue weighted by atomic mass is 32.1. The van der Waals surface area contributed by atoms with Crippen LogP contribution in [0.4, 0.5) is 13.6 Å². The van der Waals surface area contributed by atoms with Crippen LogP contribution in [0, 0.1) is 11.6 Å². The molecule has 1 aliphatic rings. The largest absolute Gasteiger partial charge is 0.437 e. The molecule has 0 radical (unpaired) electrons. The normalized spacial score (nSPS) is 19.9. The number of carbonyl (C=O) groups is 1. The number of aliphatic hydroxyl groups is 1. The number of aliphatic hydroxyl groups excluding tert-OH is 1. The Morgan fingerprint density at radius 3 is 2.58 bits per heavy atom. The van der Waals surface area contributed by atoms with Gasteiger partial charge in [0.25, 0.3) is 0 Å². The molecule has 1 aliphatic heterocycles. The molecule has 1 fully saturated rings. The molecule has 2 unspecified atom stereocenters. The predicted molar refractivity (Wildman–Crippen MR) is 116 cm³/mol. The molecule has 2 atom stereocenters. The zero-order valence-corrected chi connectivity index (χ0v) is 17.9. The van der Waals surface area contributed by atoms with Crippen molar-refractivity contribution in [3.63, 3.8) is 0 Å². The van der Waals surface area contributed by atoms with Gasteiger partial charge in [0, 0.05) is 42.5 Å². The van der Waals surface area contributed by atoms with Crippen molar-refractivity contribution >= 4 is 17.4 Å². The van der Waals surface area contributed by atoms with Gasteiger partial charge in [-0.05, 0) is 41.6 Å². The van der Waals surface area contributed by atoms with Crippen LogP contribution in [0.15, 0.2) is 60.0 Å². The van der Waals surface area contributed by atoms with Gasteiger partial charge in [0.1, 0.15) is 11.6 Å². The Bertz CT molecular complexity index is 1060. The second-order valence-corrected chi connectivity index (χ2v) is 8.63. The topological polar surface area (TPSA) is 49.8 Å². The van der Waals surface area contributed by atoms with E-state index in [4.69, 9.17) is 4.74 Å². The number of thiophene rings is 1. The summed E-state index contributed by atoms with van der Waals surface area (Å²) in [5.41, 5.74) is 1.05. The highest BCUT2D eigenvalue weighted by molar-refractivity contribution is 7.10. The summed E-state index contributed by atoms with van der Waals surface area (Å²) < 4.78 is 33.1. The molecule has 1 N–H and O–H groups in total. The average Bonchev–Trinajstić information content (AvgIpc) is 3.30. The Kier molecular flexibility index (Phi) is 6.07. The minimum Gasteiger partial charge on any atom is -0.437 e. The lowest BCUT2D eigenvalue weighted by molar-refractivity contribution is -0.0697. The van der Waals surface area contributed by atoms with Gasteiger partial charge >= 0.3 is 6.09 Å². The number of amides is 1. The summed E-state index contributed by atoms with van der Waals surface area (Å²) in [7, 11) is 0. The zero-order valence-electron chi connectivity index (χ0n) is 17.1. The van der Waals surface area contributed by atoms with Gasteiger partial charge < -0.3 is 14.7 Å². The van der Waals surface area contributed by atoms with E-state index in [0.717, 1.165) is 16.5 Å². The van der Waals surface area contributed by atoms with Crippen molar-refractivity contribution in [2.24, 2.45) is 0 Å². The Balaban J connectivity index is 1.51. The molecule has 4 nitrogen and oxygen atoms in total. The van der Waals surface area contributed by atoms with Gasteiger partial charge in [0.15, 0.2) is 5.60 Å². The van der Waals surface area contributed by atoms with Crippen LogP contribution in [0.3, 0.4) is 0 Å². The number of benzene rings is 2. The molecule has 1 saturated heterocycles. The van der Waals surface area contributed by atoms with Gasteiger partial charge in [0.2, 0.25) is 0 Å². The van der Waals surface area contributed by atoms with Gasteiger partial charge in [0.05, 0.1) is 6.04 Å². The first-order valence-corrected chi connectivity index (χ1v) is 11.0. The summed E-state index contributed by atoms with van der Waals surface area (Å²) >= 11 is 1.52. The number of cyclic esters (lactones) is 1. The quantitative estimate of drug-likeness (QED) is 0.518.